The van der Waals surface area contributed by atoms with E-state index in [1.807, 2.05) is 6.92 Å². The van der Waals surface area contributed by atoms with Gasteiger partial charge in [0.2, 0.25) is 0 Å². The molecule has 21 heavy (non-hydrogen) atoms. The summed E-state index contributed by atoms with van der Waals surface area (Å²) in [7, 11) is 1.63. The van der Waals surface area contributed by atoms with Gasteiger partial charge in [0.1, 0.15) is 11.5 Å². The molecule has 0 fully saturated rings. The summed E-state index contributed by atoms with van der Waals surface area (Å²) in [6, 6.07) is 2.41. The third-order valence-corrected chi connectivity index (χ3v) is 3.72. The number of ether oxygens (including phenoxy) is 1. The van der Waals surface area contributed by atoms with E-state index in [0.29, 0.717) is 29.1 Å². The first-order valence-electron chi connectivity index (χ1n) is 6.20. The fourth-order valence-electron chi connectivity index (χ4n) is 1.83. The zero-order chi connectivity index (χ0) is 15.4. The average Bonchev–Trinajstić information content (AvgIpc) is 2.87. The lowest BCUT2D eigenvalue weighted by atomic mass is 10.2. The minimum atomic E-state index is -0.434. The second kappa shape index (κ2) is 7.26. The molecule has 0 aliphatic heterocycles. The van der Waals surface area contributed by atoms with Crippen molar-refractivity contribution < 1.29 is 9.13 Å². The molecule has 1 heterocycles. The molecule has 0 aliphatic rings. The van der Waals surface area contributed by atoms with Crippen LogP contribution < -0.4 is 5.32 Å². The van der Waals surface area contributed by atoms with E-state index in [2.05, 4.69) is 36.8 Å². The average molecular weight is 379 g/mol. The molecule has 1 unspecified atom stereocenters. The fourth-order valence-corrected chi connectivity index (χ4v) is 2.83. The SMILES string of the molecule is COCCNC(C)c1nnnn1-c1c(Cl)cc(F)cc1Br. The molecule has 1 aromatic heterocycles. The summed E-state index contributed by atoms with van der Waals surface area (Å²) in [4.78, 5) is 0. The van der Waals surface area contributed by atoms with Crippen LogP contribution in [0.3, 0.4) is 0 Å². The number of hydrogen-bond donors (Lipinski definition) is 1. The van der Waals surface area contributed by atoms with Gasteiger partial charge in [0.05, 0.1) is 17.7 Å². The predicted molar refractivity (Wildman–Crippen MR) is 80.1 cm³/mol. The second-order valence-corrected chi connectivity index (χ2v) is 5.60. The maximum Gasteiger partial charge on any atom is 0.173 e. The van der Waals surface area contributed by atoms with Crippen LogP contribution in [-0.2, 0) is 4.74 Å². The first-order valence-corrected chi connectivity index (χ1v) is 7.37. The van der Waals surface area contributed by atoms with Gasteiger partial charge in [-0.1, -0.05) is 11.6 Å². The van der Waals surface area contributed by atoms with E-state index in [1.54, 1.807) is 7.11 Å². The lowest BCUT2D eigenvalue weighted by molar-refractivity contribution is 0.196. The molecule has 9 heteroatoms. The van der Waals surface area contributed by atoms with E-state index in [1.165, 1.54) is 16.8 Å². The van der Waals surface area contributed by atoms with Crippen molar-refractivity contribution in [2.45, 2.75) is 13.0 Å². The zero-order valence-electron chi connectivity index (χ0n) is 11.5. The first kappa shape index (κ1) is 16.3. The van der Waals surface area contributed by atoms with Gasteiger partial charge in [-0.25, -0.2) is 4.39 Å². The Hall–Kier alpha value is -1.09. The van der Waals surface area contributed by atoms with Crippen LogP contribution in [0, 0.1) is 5.82 Å². The summed E-state index contributed by atoms with van der Waals surface area (Å²) in [6.07, 6.45) is 0. The summed E-state index contributed by atoms with van der Waals surface area (Å²) < 4.78 is 20.3. The van der Waals surface area contributed by atoms with Crippen molar-refractivity contribution in [1.82, 2.24) is 25.5 Å². The van der Waals surface area contributed by atoms with Crippen molar-refractivity contribution in [1.29, 1.82) is 0 Å². The van der Waals surface area contributed by atoms with E-state index in [0.717, 1.165) is 0 Å². The predicted octanol–water partition coefficient (Wildman–Crippen LogP) is 2.51. The fraction of sp³-hybridized carbons (Fsp3) is 0.417. The Bertz CT molecular complexity index is 600. The van der Waals surface area contributed by atoms with Gasteiger partial charge in [0.15, 0.2) is 5.82 Å². The molecule has 2 aromatic rings. The Morgan fingerprint density at radius 3 is 2.95 bits per heavy atom. The summed E-state index contributed by atoms with van der Waals surface area (Å²) >= 11 is 9.39. The van der Waals surface area contributed by atoms with Crippen molar-refractivity contribution in [2.75, 3.05) is 20.3 Å². The number of methoxy groups -OCH3 is 1. The van der Waals surface area contributed by atoms with Crippen molar-refractivity contribution in [3.05, 3.63) is 33.3 Å². The molecule has 1 aromatic carbocycles. The third-order valence-electron chi connectivity index (χ3n) is 2.83. The molecule has 6 nitrogen and oxygen atoms in total. The van der Waals surface area contributed by atoms with Crippen molar-refractivity contribution >= 4 is 27.5 Å². The number of benzene rings is 1. The normalized spacial score (nSPS) is 12.6. The van der Waals surface area contributed by atoms with Crippen LogP contribution in [0.1, 0.15) is 18.8 Å². The van der Waals surface area contributed by atoms with Gasteiger partial charge in [-0.2, -0.15) is 4.68 Å². The third kappa shape index (κ3) is 3.76. The van der Waals surface area contributed by atoms with E-state index in [4.69, 9.17) is 16.3 Å². The van der Waals surface area contributed by atoms with Crippen LogP contribution in [0.15, 0.2) is 16.6 Å². The van der Waals surface area contributed by atoms with Crippen LogP contribution in [0.5, 0.6) is 0 Å². The highest BCUT2D eigenvalue weighted by Crippen LogP contribution is 2.30. The van der Waals surface area contributed by atoms with Gasteiger partial charge >= 0.3 is 0 Å². The van der Waals surface area contributed by atoms with Crippen LogP contribution in [0.2, 0.25) is 5.02 Å². The molecule has 0 radical (unpaired) electrons. The summed E-state index contributed by atoms with van der Waals surface area (Å²) in [6.45, 7) is 3.15. The maximum atomic E-state index is 13.3. The molecule has 0 saturated carbocycles. The Balaban J connectivity index is 2.32. The molecule has 2 rings (SSSR count). The molecule has 1 N–H and O–H groups in total. The minimum absolute atomic E-state index is 0.122. The molecule has 114 valence electrons. The standard InChI is InChI=1S/C12H14BrClFN5O/c1-7(16-3-4-21-2)12-17-18-19-20(12)11-9(13)5-8(15)6-10(11)14/h5-7,16H,3-4H2,1-2H3. The number of nitrogens with one attached hydrogen (secondary N) is 1. The number of rotatable bonds is 6. The topological polar surface area (TPSA) is 64.9 Å². The largest absolute Gasteiger partial charge is 0.383 e. The quantitative estimate of drug-likeness (QED) is 0.783. The smallest absolute Gasteiger partial charge is 0.173 e. The molecule has 0 aliphatic carbocycles. The summed E-state index contributed by atoms with van der Waals surface area (Å²) in [5, 5.41) is 15.1. The van der Waals surface area contributed by atoms with Crippen LogP contribution >= 0.6 is 27.5 Å². The molecule has 0 saturated heterocycles. The van der Waals surface area contributed by atoms with Crippen molar-refractivity contribution in [3.8, 4) is 5.69 Å². The summed E-state index contributed by atoms with van der Waals surface area (Å²) in [5.74, 6) is 0.136. The Kier molecular flexibility index (Phi) is 5.63. The van der Waals surface area contributed by atoms with Crippen LogP contribution in [0.25, 0.3) is 5.69 Å². The summed E-state index contributed by atoms with van der Waals surface area (Å²) in [5.41, 5.74) is 0.499. The molecule has 1 atom stereocenters. The molecule has 0 amide bonds. The Morgan fingerprint density at radius 2 is 2.29 bits per heavy atom. The van der Waals surface area contributed by atoms with Gasteiger partial charge in [-0.15, -0.1) is 5.10 Å². The lowest BCUT2D eigenvalue weighted by Crippen LogP contribution is -2.25. The van der Waals surface area contributed by atoms with Gasteiger partial charge in [-0.3, -0.25) is 0 Å². The first-order chi connectivity index (χ1) is 10.0. The number of aromatic nitrogens is 4. The van der Waals surface area contributed by atoms with E-state index >= 15 is 0 Å². The second-order valence-electron chi connectivity index (χ2n) is 4.34. The van der Waals surface area contributed by atoms with E-state index in [9.17, 15) is 4.39 Å². The van der Waals surface area contributed by atoms with Gasteiger partial charge in [0.25, 0.3) is 0 Å². The molecule has 0 bridgehead atoms. The van der Waals surface area contributed by atoms with Crippen molar-refractivity contribution in [3.63, 3.8) is 0 Å². The van der Waals surface area contributed by atoms with Gasteiger partial charge in [-0.05, 0) is 45.4 Å². The Labute approximate surface area is 134 Å². The highest BCUT2D eigenvalue weighted by Gasteiger charge is 2.19. The monoisotopic (exact) mass is 377 g/mol. The molecular formula is C12H14BrClFN5O. The molecular weight excluding hydrogens is 365 g/mol. The van der Waals surface area contributed by atoms with Crippen LogP contribution in [0.4, 0.5) is 4.39 Å². The zero-order valence-corrected chi connectivity index (χ0v) is 13.8. The highest BCUT2D eigenvalue weighted by molar-refractivity contribution is 9.10. The number of tetrazole rings is 1. The van der Waals surface area contributed by atoms with Crippen molar-refractivity contribution in [2.24, 2.45) is 0 Å². The number of nitrogens with zero attached hydrogens (tertiary/aromatic N) is 4. The van der Waals surface area contributed by atoms with Crippen LogP contribution in [-0.4, -0.2) is 40.5 Å². The number of hydrogen-bond acceptors (Lipinski definition) is 5. The lowest BCUT2D eigenvalue weighted by Gasteiger charge is -2.14. The minimum Gasteiger partial charge on any atom is -0.383 e. The van der Waals surface area contributed by atoms with Gasteiger partial charge in [0, 0.05) is 18.1 Å². The van der Waals surface area contributed by atoms with E-state index < -0.39 is 5.82 Å². The van der Waals surface area contributed by atoms with E-state index in [-0.39, 0.29) is 11.1 Å². The van der Waals surface area contributed by atoms with Gasteiger partial charge < -0.3 is 10.1 Å². The maximum absolute atomic E-state index is 13.3. The highest BCUT2D eigenvalue weighted by atomic mass is 79.9. The Morgan fingerprint density at radius 1 is 1.52 bits per heavy atom. The molecule has 0 spiro atoms. The number of halogens is 3.